The number of rotatable bonds is 4. The molecule has 108 valence electrons. The summed E-state index contributed by atoms with van der Waals surface area (Å²) in [6, 6.07) is 13.7. The summed E-state index contributed by atoms with van der Waals surface area (Å²) in [5.74, 6) is -0.661. The second-order valence-electron chi connectivity index (χ2n) is 5.00. The Kier molecular flexibility index (Phi) is 4.82. The smallest absolute Gasteiger partial charge is 0.267 e. The van der Waals surface area contributed by atoms with Crippen LogP contribution in [0.2, 0.25) is 0 Å². The lowest BCUT2D eigenvalue weighted by Crippen LogP contribution is -2.18. The molecule has 2 aromatic carbocycles. The number of nitrogens with zero attached hydrogens (tertiary/aromatic N) is 1. The largest absolute Gasteiger partial charge is 0.274 e. The molecule has 0 aliphatic heterocycles. The van der Waals surface area contributed by atoms with Gasteiger partial charge in [0.05, 0.1) is 11.8 Å². The molecule has 3 nitrogen and oxygen atoms in total. The minimum atomic E-state index is -0.567. The van der Waals surface area contributed by atoms with Crippen LogP contribution in [-0.2, 0) is 0 Å². The monoisotopic (exact) mass is 284 g/mol. The van der Waals surface area contributed by atoms with Crippen LogP contribution < -0.4 is 5.43 Å². The normalized spacial score (nSPS) is 11.0. The van der Waals surface area contributed by atoms with Gasteiger partial charge in [-0.05, 0) is 29.2 Å². The van der Waals surface area contributed by atoms with E-state index in [0.29, 0.717) is 5.92 Å². The summed E-state index contributed by atoms with van der Waals surface area (Å²) in [5.41, 5.74) is 4.40. The molecular formula is C17H17FN2O. The van der Waals surface area contributed by atoms with Crippen molar-refractivity contribution >= 4 is 12.1 Å². The lowest BCUT2D eigenvalue weighted by atomic mass is 10.0. The third-order valence-corrected chi connectivity index (χ3v) is 3.10. The standard InChI is InChI=1S/C17H17FN2O/c1-12(2)14-9-7-13(8-10-14)11-19-20-17(21)15-5-3-4-6-16(15)18/h3-12H,1-2H3,(H,20,21)/b19-11-. The van der Waals surface area contributed by atoms with E-state index in [4.69, 9.17) is 0 Å². The van der Waals surface area contributed by atoms with Gasteiger partial charge in [0.25, 0.3) is 5.91 Å². The number of hydrogen-bond donors (Lipinski definition) is 1. The Morgan fingerprint density at radius 3 is 2.43 bits per heavy atom. The Bertz CT molecular complexity index is 648. The van der Waals surface area contributed by atoms with E-state index >= 15 is 0 Å². The first kappa shape index (κ1) is 14.9. The fourth-order valence-corrected chi connectivity index (χ4v) is 1.84. The number of nitrogens with one attached hydrogen (secondary N) is 1. The van der Waals surface area contributed by atoms with Gasteiger partial charge in [0.2, 0.25) is 0 Å². The quantitative estimate of drug-likeness (QED) is 0.675. The Hall–Kier alpha value is -2.49. The summed E-state index contributed by atoms with van der Waals surface area (Å²) in [6.07, 6.45) is 1.53. The Balaban J connectivity index is 1.99. The van der Waals surface area contributed by atoms with Crippen molar-refractivity contribution < 1.29 is 9.18 Å². The predicted molar refractivity (Wildman–Crippen MR) is 82.0 cm³/mol. The van der Waals surface area contributed by atoms with E-state index in [0.717, 1.165) is 5.56 Å². The van der Waals surface area contributed by atoms with Crippen LogP contribution in [0.3, 0.4) is 0 Å². The van der Waals surface area contributed by atoms with Crippen molar-refractivity contribution in [1.82, 2.24) is 5.43 Å². The van der Waals surface area contributed by atoms with E-state index in [1.807, 2.05) is 24.3 Å². The maximum Gasteiger partial charge on any atom is 0.274 e. The molecule has 0 spiro atoms. The molecule has 0 saturated heterocycles. The van der Waals surface area contributed by atoms with Crippen molar-refractivity contribution in [2.75, 3.05) is 0 Å². The number of amides is 1. The highest BCUT2D eigenvalue weighted by molar-refractivity contribution is 5.95. The van der Waals surface area contributed by atoms with E-state index in [1.54, 1.807) is 6.07 Å². The third kappa shape index (κ3) is 3.99. The third-order valence-electron chi connectivity index (χ3n) is 3.10. The number of hydrogen-bond acceptors (Lipinski definition) is 2. The van der Waals surface area contributed by atoms with Gasteiger partial charge in [0, 0.05) is 0 Å². The van der Waals surface area contributed by atoms with Crippen LogP contribution in [0.25, 0.3) is 0 Å². The van der Waals surface area contributed by atoms with Crippen LogP contribution in [0.15, 0.2) is 53.6 Å². The molecule has 1 N–H and O–H groups in total. The molecule has 1 amide bonds. The zero-order chi connectivity index (χ0) is 15.2. The maximum atomic E-state index is 13.4. The first-order chi connectivity index (χ1) is 10.1. The second kappa shape index (κ2) is 6.79. The minimum absolute atomic E-state index is 0.0233. The molecule has 2 aromatic rings. The highest BCUT2D eigenvalue weighted by Gasteiger charge is 2.08. The van der Waals surface area contributed by atoms with Crippen LogP contribution in [-0.4, -0.2) is 12.1 Å². The molecule has 2 rings (SSSR count). The number of hydrazone groups is 1. The van der Waals surface area contributed by atoms with Gasteiger partial charge in [0.15, 0.2) is 0 Å². The molecule has 0 aliphatic carbocycles. The van der Waals surface area contributed by atoms with Crippen LogP contribution in [0.5, 0.6) is 0 Å². The fraction of sp³-hybridized carbons (Fsp3) is 0.176. The zero-order valence-electron chi connectivity index (χ0n) is 12.0. The molecule has 0 bridgehead atoms. The Labute approximate surface area is 123 Å². The lowest BCUT2D eigenvalue weighted by molar-refractivity contribution is 0.0951. The molecule has 0 fully saturated rings. The molecule has 0 saturated carbocycles. The minimum Gasteiger partial charge on any atom is -0.267 e. The molecular weight excluding hydrogens is 267 g/mol. The first-order valence-corrected chi connectivity index (χ1v) is 6.76. The number of carbonyl (C=O) groups is 1. The summed E-state index contributed by atoms with van der Waals surface area (Å²) < 4.78 is 13.4. The topological polar surface area (TPSA) is 41.5 Å². The van der Waals surface area contributed by atoms with Crippen molar-refractivity contribution in [3.8, 4) is 0 Å². The van der Waals surface area contributed by atoms with Crippen molar-refractivity contribution in [3.63, 3.8) is 0 Å². The van der Waals surface area contributed by atoms with E-state index in [2.05, 4.69) is 24.4 Å². The van der Waals surface area contributed by atoms with Gasteiger partial charge in [-0.2, -0.15) is 5.10 Å². The molecule has 0 atom stereocenters. The number of halogens is 1. The average Bonchev–Trinajstić information content (AvgIpc) is 2.48. The summed E-state index contributed by atoms with van der Waals surface area (Å²) in [7, 11) is 0. The van der Waals surface area contributed by atoms with Gasteiger partial charge in [0.1, 0.15) is 5.82 Å². The van der Waals surface area contributed by atoms with Crippen molar-refractivity contribution in [2.45, 2.75) is 19.8 Å². The van der Waals surface area contributed by atoms with Crippen LogP contribution in [0.4, 0.5) is 4.39 Å². The van der Waals surface area contributed by atoms with E-state index in [9.17, 15) is 9.18 Å². The molecule has 0 aromatic heterocycles. The van der Waals surface area contributed by atoms with Crippen LogP contribution >= 0.6 is 0 Å². The van der Waals surface area contributed by atoms with Crippen LogP contribution in [0.1, 0.15) is 41.3 Å². The Morgan fingerprint density at radius 1 is 1.14 bits per heavy atom. The first-order valence-electron chi connectivity index (χ1n) is 6.76. The maximum absolute atomic E-state index is 13.4. The summed E-state index contributed by atoms with van der Waals surface area (Å²) in [4.78, 5) is 11.7. The van der Waals surface area contributed by atoms with Crippen molar-refractivity contribution in [2.24, 2.45) is 5.10 Å². The van der Waals surface area contributed by atoms with Crippen LogP contribution in [0, 0.1) is 5.82 Å². The highest BCUT2D eigenvalue weighted by atomic mass is 19.1. The van der Waals surface area contributed by atoms with Crippen molar-refractivity contribution in [3.05, 3.63) is 71.0 Å². The average molecular weight is 284 g/mol. The van der Waals surface area contributed by atoms with E-state index < -0.39 is 11.7 Å². The summed E-state index contributed by atoms with van der Waals surface area (Å²) in [5, 5.41) is 3.84. The van der Waals surface area contributed by atoms with E-state index in [1.165, 1.54) is 30.0 Å². The van der Waals surface area contributed by atoms with Gasteiger partial charge < -0.3 is 0 Å². The predicted octanol–water partition coefficient (Wildman–Crippen LogP) is 3.71. The molecule has 0 radical (unpaired) electrons. The fourth-order valence-electron chi connectivity index (χ4n) is 1.84. The number of benzene rings is 2. The summed E-state index contributed by atoms with van der Waals surface area (Å²) >= 11 is 0. The zero-order valence-corrected chi connectivity index (χ0v) is 12.0. The van der Waals surface area contributed by atoms with Crippen molar-refractivity contribution in [1.29, 1.82) is 0 Å². The lowest BCUT2D eigenvalue weighted by Gasteiger charge is -2.04. The number of carbonyl (C=O) groups excluding carboxylic acids is 1. The Morgan fingerprint density at radius 2 is 1.81 bits per heavy atom. The molecule has 4 heteroatoms. The van der Waals surface area contributed by atoms with Gasteiger partial charge in [-0.1, -0.05) is 50.2 Å². The van der Waals surface area contributed by atoms with Gasteiger partial charge in [-0.25, -0.2) is 9.82 Å². The van der Waals surface area contributed by atoms with Gasteiger partial charge >= 0.3 is 0 Å². The highest BCUT2D eigenvalue weighted by Crippen LogP contribution is 2.13. The molecule has 0 heterocycles. The summed E-state index contributed by atoms with van der Waals surface area (Å²) in [6.45, 7) is 4.25. The van der Waals surface area contributed by atoms with E-state index in [-0.39, 0.29) is 5.56 Å². The van der Waals surface area contributed by atoms with Gasteiger partial charge in [-0.15, -0.1) is 0 Å². The molecule has 0 aliphatic rings. The van der Waals surface area contributed by atoms with Gasteiger partial charge in [-0.3, -0.25) is 4.79 Å². The second-order valence-corrected chi connectivity index (χ2v) is 5.00. The molecule has 0 unspecified atom stereocenters. The molecule has 21 heavy (non-hydrogen) atoms. The SMILES string of the molecule is CC(C)c1ccc(/C=N\NC(=O)c2ccccc2F)cc1.